The van der Waals surface area contributed by atoms with Crippen LogP contribution in [0, 0.1) is 0 Å². The summed E-state index contributed by atoms with van der Waals surface area (Å²) in [5.41, 5.74) is 15.2. The number of nitrogens with zero attached hydrogens (tertiary/aromatic N) is 3. The fourth-order valence-electron chi connectivity index (χ4n) is 4.95. The van der Waals surface area contributed by atoms with Crippen LogP contribution in [0.25, 0.3) is 22.4 Å². The lowest BCUT2D eigenvalue weighted by Gasteiger charge is -2.17. The number of amides is 1. The van der Waals surface area contributed by atoms with E-state index in [0.29, 0.717) is 6.42 Å². The summed E-state index contributed by atoms with van der Waals surface area (Å²) in [7, 11) is 1.94. The number of carbonyl (C=O) groups is 1. The Morgan fingerprint density at radius 3 is 2.66 bits per heavy atom. The summed E-state index contributed by atoms with van der Waals surface area (Å²) in [6, 6.07) is 16.4. The van der Waals surface area contributed by atoms with E-state index in [9.17, 15) is 4.79 Å². The molecule has 178 valence electrons. The van der Waals surface area contributed by atoms with Crippen molar-refractivity contribution in [1.29, 1.82) is 0 Å². The summed E-state index contributed by atoms with van der Waals surface area (Å²) in [4.78, 5) is 15.0. The fraction of sp³-hybridized carbons (Fsp3) is 0.241. The van der Waals surface area contributed by atoms with E-state index in [1.807, 2.05) is 60.1 Å². The van der Waals surface area contributed by atoms with Crippen LogP contribution in [0.3, 0.4) is 0 Å². The normalized spacial score (nSPS) is 14.7. The Labute approximate surface area is 209 Å². The highest BCUT2D eigenvalue weighted by molar-refractivity contribution is 7.08. The third kappa shape index (κ3) is 4.42. The second-order valence-electron chi connectivity index (χ2n) is 9.07. The Balaban J connectivity index is 1.53. The molecule has 0 saturated carbocycles. The first-order valence-electron chi connectivity index (χ1n) is 12.0. The molecule has 2 N–H and O–H groups in total. The molecule has 0 radical (unpaired) electrons. The number of rotatable bonds is 5. The second-order valence-corrected chi connectivity index (χ2v) is 9.95. The average Bonchev–Trinajstić information content (AvgIpc) is 3.58. The van der Waals surface area contributed by atoms with Gasteiger partial charge in [-0.15, -0.1) is 11.3 Å². The Morgan fingerprint density at radius 2 is 1.97 bits per heavy atom. The van der Waals surface area contributed by atoms with Gasteiger partial charge >= 0.3 is 0 Å². The number of nitrogens with two attached hydrogens (primary N) is 1. The zero-order valence-corrected chi connectivity index (χ0v) is 21.2. The number of carbonyl (C=O) groups excluding carboxylic acids is 1. The number of hydrogen-bond acceptors (Lipinski definition) is 4. The molecule has 2 aromatic carbocycles. The number of hydrogen-bond donors (Lipinski definition) is 1. The van der Waals surface area contributed by atoms with Gasteiger partial charge in [0.05, 0.1) is 12.6 Å². The molecule has 1 amide bonds. The van der Waals surface area contributed by atoms with E-state index < -0.39 is 0 Å². The molecule has 3 heterocycles. The Bertz CT molecular complexity index is 1510. The van der Waals surface area contributed by atoms with Gasteiger partial charge in [0.1, 0.15) is 0 Å². The zero-order chi connectivity index (χ0) is 24.5. The van der Waals surface area contributed by atoms with Crippen LogP contribution in [-0.4, -0.2) is 22.2 Å². The van der Waals surface area contributed by atoms with E-state index in [1.54, 1.807) is 11.3 Å². The van der Waals surface area contributed by atoms with Gasteiger partial charge < -0.3 is 10.6 Å². The van der Waals surface area contributed by atoms with Crippen molar-refractivity contribution >= 4 is 34.2 Å². The molecule has 0 fully saturated rings. The van der Waals surface area contributed by atoms with Crippen molar-refractivity contribution in [3.05, 3.63) is 92.7 Å². The Hall–Kier alpha value is -3.64. The van der Waals surface area contributed by atoms with Gasteiger partial charge in [-0.05, 0) is 59.5 Å². The van der Waals surface area contributed by atoms with Crippen molar-refractivity contribution in [3.8, 4) is 11.1 Å². The van der Waals surface area contributed by atoms with Crippen molar-refractivity contribution in [2.75, 3.05) is 11.4 Å². The monoisotopic (exact) mass is 482 g/mol. The lowest BCUT2D eigenvalue weighted by atomic mass is 10.00. The van der Waals surface area contributed by atoms with Crippen LogP contribution in [0.1, 0.15) is 37.0 Å². The molecule has 1 aliphatic heterocycles. The molecule has 6 heteroatoms. The highest BCUT2D eigenvalue weighted by atomic mass is 32.1. The average molecular weight is 483 g/mol. The van der Waals surface area contributed by atoms with Gasteiger partial charge in [0.25, 0.3) is 0 Å². The quantitative estimate of drug-likeness (QED) is 0.468. The first-order valence-corrected chi connectivity index (χ1v) is 12.9. The summed E-state index contributed by atoms with van der Waals surface area (Å²) in [5.74, 6) is 0.144. The molecule has 2 aromatic heterocycles. The molecular weight excluding hydrogens is 452 g/mol. The molecule has 1 aliphatic rings. The van der Waals surface area contributed by atoms with E-state index in [1.165, 1.54) is 15.7 Å². The van der Waals surface area contributed by atoms with Crippen LogP contribution in [0.5, 0.6) is 0 Å². The Morgan fingerprint density at radius 1 is 1.17 bits per heavy atom. The van der Waals surface area contributed by atoms with Crippen LogP contribution in [0.4, 0.5) is 5.69 Å². The molecule has 35 heavy (non-hydrogen) atoms. The summed E-state index contributed by atoms with van der Waals surface area (Å²) < 4.78 is 3.04. The van der Waals surface area contributed by atoms with Crippen LogP contribution < -0.4 is 20.4 Å². The Kier molecular flexibility index (Phi) is 6.31. The minimum Gasteiger partial charge on any atom is -0.402 e. The number of fused-ring (bicyclic) bond motifs is 1. The van der Waals surface area contributed by atoms with Gasteiger partial charge in [0.2, 0.25) is 5.91 Å². The predicted octanol–water partition coefficient (Wildman–Crippen LogP) is 3.98. The third-order valence-electron chi connectivity index (χ3n) is 6.65. The molecule has 5 rings (SSSR count). The maximum absolute atomic E-state index is 13.0. The highest BCUT2D eigenvalue weighted by Crippen LogP contribution is 2.32. The minimum absolute atomic E-state index is 0.144. The van der Waals surface area contributed by atoms with Gasteiger partial charge in [-0.2, -0.15) is 5.10 Å². The lowest BCUT2D eigenvalue weighted by molar-refractivity contribution is -0.117. The molecule has 5 nitrogen and oxygen atoms in total. The van der Waals surface area contributed by atoms with Gasteiger partial charge in [0, 0.05) is 52.1 Å². The van der Waals surface area contributed by atoms with Crippen LogP contribution >= 0.6 is 11.3 Å². The van der Waals surface area contributed by atoms with Gasteiger partial charge in [-0.3, -0.25) is 9.48 Å². The molecule has 0 saturated heterocycles. The molecule has 0 atom stereocenters. The lowest BCUT2D eigenvalue weighted by Crippen LogP contribution is -2.30. The molecule has 0 spiro atoms. The van der Waals surface area contributed by atoms with Crippen LogP contribution in [-0.2, 0) is 24.7 Å². The fourth-order valence-corrected chi connectivity index (χ4v) is 6.23. The second kappa shape index (κ2) is 9.55. The van der Waals surface area contributed by atoms with Crippen molar-refractivity contribution in [1.82, 2.24) is 9.78 Å². The summed E-state index contributed by atoms with van der Waals surface area (Å²) in [6.45, 7) is 4.87. The largest absolute Gasteiger partial charge is 0.402 e. The smallest absolute Gasteiger partial charge is 0.231 e. The van der Waals surface area contributed by atoms with E-state index >= 15 is 0 Å². The summed E-state index contributed by atoms with van der Waals surface area (Å²) >= 11 is 1.74. The number of aryl methyl sites for hydroxylation is 1. The maximum Gasteiger partial charge on any atom is 0.231 e. The molecule has 0 unspecified atom stereocenters. The standard InChI is InChI=1S/C29H30N4OS/c1-4-24(23-16-31-32(3)17-23)29-28(19(2)30)25(18-35-29)21-10-11-26-22(15-21)12-13-33(26)27(34)14-20-8-6-5-7-9-20/h5-11,15-18H,4,12-14,30H2,1-3H3/b28-19+,29-24-. The van der Waals surface area contributed by atoms with E-state index in [4.69, 9.17) is 5.73 Å². The van der Waals surface area contributed by atoms with E-state index in [0.717, 1.165) is 58.2 Å². The predicted molar refractivity (Wildman–Crippen MR) is 144 cm³/mol. The van der Waals surface area contributed by atoms with Crippen molar-refractivity contribution in [3.63, 3.8) is 0 Å². The molecule has 4 aromatic rings. The minimum atomic E-state index is 0.144. The van der Waals surface area contributed by atoms with Gasteiger partial charge in [-0.1, -0.05) is 43.3 Å². The molecular formula is C29H30N4OS. The summed E-state index contributed by atoms with van der Waals surface area (Å²) in [5, 5.41) is 7.68. The maximum atomic E-state index is 13.0. The zero-order valence-electron chi connectivity index (χ0n) is 20.4. The number of thiophene rings is 1. The van der Waals surface area contributed by atoms with Crippen molar-refractivity contribution in [2.24, 2.45) is 12.8 Å². The highest BCUT2D eigenvalue weighted by Gasteiger charge is 2.25. The first kappa shape index (κ1) is 23.1. The SMILES string of the molecule is CC/C(c1cnn(C)c1)=c1/scc(-c2ccc3c(c2)CCN3C(=O)Cc2ccccc2)/c1=C(/C)N. The molecule has 0 aliphatic carbocycles. The summed E-state index contributed by atoms with van der Waals surface area (Å²) in [6.07, 6.45) is 6.16. The van der Waals surface area contributed by atoms with Crippen molar-refractivity contribution in [2.45, 2.75) is 33.1 Å². The number of aromatic nitrogens is 2. The van der Waals surface area contributed by atoms with Crippen molar-refractivity contribution < 1.29 is 4.79 Å². The topological polar surface area (TPSA) is 64.2 Å². The first-order chi connectivity index (χ1) is 17.0. The van der Waals surface area contributed by atoms with Crippen LogP contribution in [0.15, 0.2) is 66.3 Å². The van der Waals surface area contributed by atoms with E-state index in [-0.39, 0.29) is 5.91 Å². The van der Waals surface area contributed by atoms with Crippen LogP contribution in [0.2, 0.25) is 0 Å². The van der Waals surface area contributed by atoms with Gasteiger partial charge in [-0.25, -0.2) is 0 Å². The van der Waals surface area contributed by atoms with E-state index in [2.05, 4.69) is 41.8 Å². The number of benzene rings is 2. The van der Waals surface area contributed by atoms with Gasteiger partial charge in [0.15, 0.2) is 0 Å². The third-order valence-corrected chi connectivity index (χ3v) is 7.69. The molecule has 0 bridgehead atoms. The number of anilines is 1.